The van der Waals surface area contributed by atoms with Crippen LogP contribution in [0.2, 0.25) is 0 Å². The van der Waals surface area contributed by atoms with E-state index in [0.29, 0.717) is 28.0 Å². The summed E-state index contributed by atoms with van der Waals surface area (Å²) in [4.78, 5) is 29.7. The van der Waals surface area contributed by atoms with Gasteiger partial charge in [-0.1, -0.05) is 18.2 Å². The van der Waals surface area contributed by atoms with Crippen LogP contribution in [0, 0.1) is 20.8 Å². The molecule has 0 amide bonds. The highest BCUT2D eigenvalue weighted by atomic mass is 32.1. The molecule has 0 radical (unpaired) electrons. The normalized spacial score (nSPS) is 12.2. The molecule has 1 atom stereocenters. The summed E-state index contributed by atoms with van der Waals surface area (Å²) in [5.41, 5.74) is 5.10. The number of aromatic carboxylic acids is 1. The van der Waals surface area contributed by atoms with Crippen molar-refractivity contribution in [1.82, 2.24) is 4.98 Å². The average Bonchev–Trinajstić information content (AvgIpc) is 3.20. The smallest absolute Gasteiger partial charge is 0.337 e. The number of fused-ring (bicyclic) bond motifs is 2. The van der Waals surface area contributed by atoms with Gasteiger partial charge in [0.2, 0.25) is 0 Å². The molecule has 0 saturated carbocycles. The van der Waals surface area contributed by atoms with Gasteiger partial charge in [-0.05, 0) is 69.7 Å². The van der Waals surface area contributed by atoms with E-state index >= 15 is 0 Å². The van der Waals surface area contributed by atoms with E-state index in [1.165, 1.54) is 0 Å². The van der Waals surface area contributed by atoms with Crippen LogP contribution >= 0.6 is 11.3 Å². The Kier molecular flexibility index (Phi) is 5.65. The number of carbonyl (C=O) groups is 1. The van der Waals surface area contributed by atoms with Gasteiger partial charge in [0.05, 0.1) is 32.2 Å². The molecule has 5 rings (SSSR count). The SMILES string of the molecule is Cc1cc([C@@H](C)Nc2ccccc2C(=O)O)c2oc(-c3ccc4nc(C)sc4c3)c(C)c(=O)c2c1. The number of hydrogen-bond donors (Lipinski definition) is 2. The number of thiazole rings is 1. The molecular formula is C28H24N2O4S. The van der Waals surface area contributed by atoms with Crippen LogP contribution in [0.15, 0.2) is 63.8 Å². The topological polar surface area (TPSA) is 92.4 Å². The van der Waals surface area contributed by atoms with Crippen molar-refractivity contribution in [3.63, 3.8) is 0 Å². The van der Waals surface area contributed by atoms with E-state index in [-0.39, 0.29) is 17.0 Å². The molecule has 2 aromatic heterocycles. The zero-order chi connectivity index (χ0) is 24.9. The summed E-state index contributed by atoms with van der Waals surface area (Å²) in [6.45, 7) is 7.62. The molecular weight excluding hydrogens is 460 g/mol. The number of para-hydroxylation sites is 1. The largest absolute Gasteiger partial charge is 0.478 e. The van der Waals surface area contributed by atoms with Crippen LogP contribution in [0.4, 0.5) is 5.69 Å². The molecule has 0 saturated heterocycles. The summed E-state index contributed by atoms with van der Waals surface area (Å²) < 4.78 is 7.50. The van der Waals surface area contributed by atoms with Crippen LogP contribution in [0.25, 0.3) is 32.5 Å². The highest BCUT2D eigenvalue weighted by Gasteiger charge is 2.20. The molecule has 0 spiro atoms. The predicted octanol–water partition coefficient (Wildman–Crippen LogP) is 6.87. The molecule has 2 N–H and O–H groups in total. The van der Waals surface area contributed by atoms with Gasteiger partial charge in [-0.3, -0.25) is 4.79 Å². The molecule has 0 unspecified atom stereocenters. The minimum atomic E-state index is -1.01. The van der Waals surface area contributed by atoms with E-state index < -0.39 is 5.97 Å². The van der Waals surface area contributed by atoms with Crippen molar-refractivity contribution in [2.75, 3.05) is 5.32 Å². The van der Waals surface area contributed by atoms with Crippen LogP contribution in [-0.4, -0.2) is 16.1 Å². The molecule has 3 aromatic carbocycles. The fourth-order valence-corrected chi connectivity index (χ4v) is 5.32. The molecule has 0 fully saturated rings. The van der Waals surface area contributed by atoms with Gasteiger partial charge >= 0.3 is 5.97 Å². The number of carboxylic acid groups (broad SMARTS) is 1. The molecule has 6 nitrogen and oxygen atoms in total. The van der Waals surface area contributed by atoms with Gasteiger partial charge < -0.3 is 14.8 Å². The second kappa shape index (κ2) is 8.67. The Bertz CT molecular complexity index is 1680. The molecule has 35 heavy (non-hydrogen) atoms. The first-order valence-corrected chi connectivity index (χ1v) is 12.1. The van der Waals surface area contributed by atoms with Crippen LogP contribution in [0.5, 0.6) is 0 Å². The van der Waals surface area contributed by atoms with Gasteiger partial charge in [0.15, 0.2) is 5.43 Å². The Morgan fingerprint density at radius 2 is 1.86 bits per heavy atom. The van der Waals surface area contributed by atoms with E-state index in [1.807, 2.05) is 51.1 Å². The summed E-state index contributed by atoms with van der Waals surface area (Å²) in [7, 11) is 0. The summed E-state index contributed by atoms with van der Waals surface area (Å²) in [5.74, 6) is -0.480. The summed E-state index contributed by atoms with van der Waals surface area (Å²) in [5, 5.41) is 14.4. The van der Waals surface area contributed by atoms with Crippen LogP contribution in [0.3, 0.4) is 0 Å². The van der Waals surface area contributed by atoms with Crippen LogP contribution in [0.1, 0.15) is 45.0 Å². The molecule has 0 aliphatic carbocycles. The number of aryl methyl sites for hydroxylation is 2. The highest BCUT2D eigenvalue weighted by Crippen LogP contribution is 2.34. The van der Waals surface area contributed by atoms with E-state index in [4.69, 9.17) is 4.42 Å². The van der Waals surface area contributed by atoms with Crippen molar-refractivity contribution in [2.24, 2.45) is 0 Å². The maximum Gasteiger partial charge on any atom is 0.337 e. The number of nitrogens with one attached hydrogen (secondary N) is 1. The highest BCUT2D eigenvalue weighted by molar-refractivity contribution is 7.18. The number of aromatic nitrogens is 1. The maximum atomic E-state index is 13.5. The third kappa shape index (κ3) is 4.08. The lowest BCUT2D eigenvalue weighted by atomic mass is 9.98. The molecule has 0 aliphatic heterocycles. The fraction of sp³-hybridized carbons (Fsp3) is 0.179. The summed E-state index contributed by atoms with van der Waals surface area (Å²) in [6.07, 6.45) is 0. The first kappa shape index (κ1) is 22.8. The number of anilines is 1. The second-order valence-electron chi connectivity index (χ2n) is 8.75. The third-order valence-electron chi connectivity index (χ3n) is 6.15. The number of benzene rings is 3. The lowest BCUT2D eigenvalue weighted by molar-refractivity contribution is 0.0698. The van der Waals surface area contributed by atoms with Crippen molar-refractivity contribution in [3.8, 4) is 11.3 Å². The van der Waals surface area contributed by atoms with Crippen molar-refractivity contribution >= 4 is 44.2 Å². The van der Waals surface area contributed by atoms with Crippen LogP contribution < -0.4 is 10.7 Å². The lowest BCUT2D eigenvalue weighted by Crippen LogP contribution is -2.14. The molecule has 5 aromatic rings. The molecule has 2 heterocycles. The van der Waals surface area contributed by atoms with E-state index in [1.54, 1.807) is 42.5 Å². The van der Waals surface area contributed by atoms with Crippen molar-refractivity contribution in [3.05, 3.63) is 92.1 Å². The van der Waals surface area contributed by atoms with E-state index in [2.05, 4.69) is 10.3 Å². The first-order chi connectivity index (χ1) is 16.7. The Morgan fingerprint density at radius 1 is 1.09 bits per heavy atom. The monoisotopic (exact) mass is 484 g/mol. The zero-order valence-electron chi connectivity index (χ0n) is 19.8. The Hall–Kier alpha value is -3.97. The minimum Gasteiger partial charge on any atom is -0.478 e. The van der Waals surface area contributed by atoms with Crippen molar-refractivity contribution in [1.29, 1.82) is 0 Å². The number of rotatable bonds is 5. The quantitative estimate of drug-likeness (QED) is 0.283. The second-order valence-corrected chi connectivity index (χ2v) is 9.98. The third-order valence-corrected chi connectivity index (χ3v) is 7.08. The Morgan fingerprint density at radius 3 is 2.63 bits per heavy atom. The zero-order valence-corrected chi connectivity index (χ0v) is 20.6. The number of hydrogen-bond acceptors (Lipinski definition) is 6. The Labute approximate surface area is 205 Å². The van der Waals surface area contributed by atoms with Crippen LogP contribution in [-0.2, 0) is 0 Å². The predicted molar refractivity (Wildman–Crippen MR) is 141 cm³/mol. The van der Waals surface area contributed by atoms with E-state index in [9.17, 15) is 14.7 Å². The molecule has 176 valence electrons. The van der Waals surface area contributed by atoms with Gasteiger partial charge in [-0.25, -0.2) is 9.78 Å². The lowest BCUT2D eigenvalue weighted by Gasteiger charge is -2.20. The number of carboxylic acids is 1. The molecule has 0 bridgehead atoms. The van der Waals surface area contributed by atoms with Gasteiger partial charge in [0.25, 0.3) is 0 Å². The standard InChI is InChI=1S/C28H24N2O4S/c1-14-11-20(16(3)29-22-8-6-5-7-19(22)28(32)33)27-21(12-14)25(31)15(2)26(34-27)18-9-10-23-24(13-18)35-17(4)30-23/h5-13,16,29H,1-4H3,(H,32,33)/t16-/m1/s1. The molecule has 7 heteroatoms. The van der Waals surface area contributed by atoms with Crippen molar-refractivity contribution in [2.45, 2.75) is 33.7 Å². The van der Waals surface area contributed by atoms with Crippen molar-refractivity contribution < 1.29 is 14.3 Å². The minimum absolute atomic E-state index is 0.0788. The molecule has 0 aliphatic rings. The maximum absolute atomic E-state index is 13.5. The fourth-order valence-electron chi connectivity index (χ4n) is 4.45. The Balaban J connectivity index is 1.68. The number of nitrogens with zero attached hydrogens (tertiary/aromatic N) is 1. The summed E-state index contributed by atoms with van der Waals surface area (Å²) in [6, 6.07) is 16.2. The summed E-state index contributed by atoms with van der Waals surface area (Å²) >= 11 is 1.60. The van der Waals surface area contributed by atoms with E-state index in [0.717, 1.165) is 31.9 Å². The van der Waals surface area contributed by atoms with Gasteiger partial charge in [0.1, 0.15) is 11.3 Å². The first-order valence-electron chi connectivity index (χ1n) is 11.3. The van der Waals surface area contributed by atoms with Gasteiger partial charge in [-0.15, -0.1) is 11.3 Å². The van der Waals surface area contributed by atoms with Gasteiger partial charge in [0, 0.05) is 22.4 Å². The van der Waals surface area contributed by atoms with Gasteiger partial charge in [-0.2, -0.15) is 0 Å². The average molecular weight is 485 g/mol.